The second-order valence-electron chi connectivity index (χ2n) is 10.7. The average molecular weight is 608 g/mol. The van der Waals surface area contributed by atoms with Crippen molar-refractivity contribution in [2.24, 2.45) is 17.8 Å². The molecular weight excluding hydrogens is 573 g/mol. The number of ether oxygens (including phenoxy) is 5. The molecule has 0 aliphatic carbocycles. The largest absolute Gasteiger partial charge is 0.459 e. The topological polar surface area (TPSA) is 171 Å². The number of hydrogen-bond donors (Lipinski definition) is 0. The Hall–Kier alpha value is -4.40. The van der Waals surface area contributed by atoms with Gasteiger partial charge in [-0.1, -0.05) is 41.5 Å². The van der Waals surface area contributed by atoms with Crippen LogP contribution in [0.4, 0.5) is 4.39 Å². The van der Waals surface area contributed by atoms with Gasteiger partial charge in [-0.2, -0.15) is 0 Å². The predicted octanol–water partition coefficient (Wildman–Crippen LogP) is 1.75. The Balaban J connectivity index is 2.06. The molecule has 0 amide bonds. The molecule has 1 aliphatic rings. The number of nitrogens with zero attached hydrogens (tertiary/aromatic N) is 3. The monoisotopic (exact) mass is 607 g/mol. The van der Waals surface area contributed by atoms with Crippen molar-refractivity contribution in [2.75, 3.05) is 6.61 Å². The number of esters is 4. The molecule has 0 N–H and O–H groups in total. The zero-order valence-corrected chi connectivity index (χ0v) is 24.6. The van der Waals surface area contributed by atoms with Gasteiger partial charge < -0.3 is 23.7 Å². The van der Waals surface area contributed by atoms with Crippen molar-refractivity contribution in [1.82, 2.24) is 14.1 Å². The Kier molecular flexibility index (Phi) is 10.6. The van der Waals surface area contributed by atoms with Crippen molar-refractivity contribution in [3.63, 3.8) is 0 Å². The second-order valence-corrected chi connectivity index (χ2v) is 10.7. The van der Waals surface area contributed by atoms with Crippen LogP contribution in [-0.4, -0.2) is 62.7 Å². The molecule has 0 bridgehead atoms. The summed E-state index contributed by atoms with van der Waals surface area (Å²) in [5, 5.41) is 0. The molecular formula is C28H34FN3O11. The van der Waals surface area contributed by atoms with Crippen LogP contribution in [-0.2, 0) is 44.8 Å². The highest BCUT2D eigenvalue weighted by atomic mass is 19.2. The fourth-order valence-corrected chi connectivity index (χ4v) is 3.74. The number of aromatic nitrogens is 3. The fourth-order valence-electron chi connectivity index (χ4n) is 3.74. The van der Waals surface area contributed by atoms with Gasteiger partial charge in [0.15, 0.2) is 25.7 Å². The van der Waals surface area contributed by atoms with Crippen molar-refractivity contribution in [1.29, 1.82) is 0 Å². The van der Waals surface area contributed by atoms with Gasteiger partial charge in [0.2, 0.25) is 6.10 Å². The Bertz CT molecular complexity index is 1450. The van der Waals surface area contributed by atoms with E-state index in [-0.39, 0.29) is 5.56 Å². The van der Waals surface area contributed by atoms with Crippen LogP contribution in [0.5, 0.6) is 0 Å². The van der Waals surface area contributed by atoms with E-state index in [0.717, 1.165) is 16.8 Å². The minimum absolute atomic E-state index is 0.0551. The number of pyridine rings is 1. The number of alkyl halides is 1. The normalized spacial score (nSPS) is 21.6. The molecule has 234 valence electrons. The number of carbonyl (C=O) groups excluding carboxylic acids is 4. The van der Waals surface area contributed by atoms with Gasteiger partial charge in [0.25, 0.3) is 11.4 Å². The standard InChI is InChI=1S/C28H34FN3O11/c1-15(2)23(34)39-13-28(29)21(42-25(36)17(5)6)20(41-24(35)16(3)4)22(43-28)31-11-9-19(33)32(27(31)38)14-40-26(37)18-8-7-10-30-12-18/h7-12,15-17,20-22H,13-14H2,1-6H3/t20-,21+,22-,28-/m1/s1. The average Bonchev–Trinajstić information content (AvgIpc) is 3.22. The maximum Gasteiger partial charge on any atom is 0.341 e. The van der Waals surface area contributed by atoms with Gasteiger partial charge in [-0.25, -0.2) is 18.5 Å². The van der Waals surface area contributed by atoms with E-state index in [1.54, 1.807) is 0 Å². The first-order valence-electron chi connectivity index (χ1n) is 13.5. The minimum atomic E-state index is -3.09. The molecule has 14 nitrogen and oxygen atoms in total. The van der Waals surface area contributed by atoms with Gasteiger partial charge in [0.05, 0.1) is 23.3 Å². The maximum atomic E-state index is 16.6. The zero-order chi connectivity index (χ0) is 32.1. The molecule has 15 heteroatoms. The van der Waals surface area contributed by atoms with Crippen molar-refractivity contribution in [3.8, 4) is 0 Å². The van der Waals surface area contributed by atoms with E-state index in [0.29, 0.717) is 4.57 Å². The summed E-state index contributed by atoms with van der Waals surface area (Å²) in [6.07, 6.45) is -1.98. The highest BCUT2D eigenvalue weighted by Gasteiger charge is 2.62. The summed E-state index contributed by atoms with van der Waals surface area (Å²) >= 11 is 0. The van der Waals surface area contributed by atoms with E-state index >= 15 is 4.39 Å². The summed E-state index contributed by atoms with van der Waals surface area (Å²) < 4.78 is 44.4. The molecule has 0 spiro atoms. The van der Waals surface area contributed by atoms with Gasteiger partial charge in [0, 0.05) is 24.7 Å². The van der Waals surface area contributed by atoms with Crippen LogP contribution in [0.3, 0.4) is 0 Å². The summed E-state index contributed by atoms with van der Waals surface area (Å²) in [5.41, 5.74) is -1.96. The van der Waals surface area contributed by atoms with Crippen LogP contribution in [0.1, 0.15) is 58.1 Å². The molecule has 0 aromatic carbocycles. The number of halogens is 1. The number of carbonyl (C=O) groups is 4. The van der Waals surface area contributed by atoms with Crippen LogP contribution >= 0.6 is 0 Å². The smallest absolute Gasteiger partial charge is 0.341 e. The molecule has 0 unspecified atom stereocenters. The lowest BCUT2D eigenvalue weighted by Gasteiger charge is -2.28. The van der Waals surface area contributed by atoms with Crippen molar-refractivity contribution in [3.05, 3.63) is 63.2 Å². The highest BCUT2D eigenvalue weighted by molar-refractivity contribution is 5.88. The lowest BCUT2D eigenvalue weighted by Crippen LogP contribution is -2.49. The maximum absolute atomic E-state index is 16.6. The third-order valence-corrected chi connectivity index (χ3v) is 6.23. The Morgan fingerprint density at radius 2 is 1.58 bits per heavy atom. The lowest BCUT2D eigenvalue weighted by atomic mass is 10.1. The Morgan fingerprint density at radius 3 is 2.16 bits per heavy atom. The molecule has 2 aromatic rings. The first kappa shape index (κ1) is 33.1. The van der Waals surface area contributed by atoms with Crippen LogP contribution in [0.2, 0.25) is 0 Å². The third kappa shape index (κ3) is 7.71. The first-order chi connectivity index (χ1) is 20.2. The molecule has 1 saturated heterocycles. The third-order valence-electron chi connectivity index (χ3n) is 6.23. The van der Waals surface area contributed by atoms with Gasteiger partial charge in [-0.3, -0.25) is 28.7 Å². The summed E-state index contributed by atoms with van der Waals surface area (Å²) in [6.45, 7) is 7.07. The van der Waals surface area contributed by atoms with Gasteiger partial charge in [0.1, 0.15) is 0 Å². The van der Waals surface area contributed by atoms with Gasteiger partial charge >= 0.3 is 29.6 Å². The zero-order valence-electron chi connectivity index (χ0n) is 24.6. The second kappa shape index (κ2) is 13.7. The Labute approximate surface area is 245 Å². The van der Waals surface area contributed by atoms with Gasteiger partial charge in [-0.05, 0) is 12.1 Å². The van der Waals surface area contributed by atoms with E-state index in [4.69, 9.17) is 23.7 Å². The van der Waals surface area contributed by atoms with Crippen molar-refractivity contribution >= 4 is 23.9 Å². The van der Waals surface area contributed by atoms with Crippen molar-refractivity contribution < 1.29 is 47.3 Å². The summed E-state index contributed by atoms with van der Waals surface area (Å²) in [7, 11) is 0. The molecule has 0 radical (unpaired) electrons. The van der Waals surface area contributed by atoms with E-state index in [2.05, 4.69) is 4.98 Å². The van der Waals surface area contributed by atoms with Crippen LogP contribution in [0.15, 0.2) is 46.4 Å². The van der Waals surface area contributed by atoms with Crippen molar-refractivity contribution in [2.45, 2.75) is 72.6 Å². The van der Waals surface area contributed by atoms with E-state index in [1.807, 2.05) is 0 Å². The molecule has 3 heterocycles. The molecule has 2 aromatic heterocycles. The molecule has 4 atom stereocenters. The van der Waals surface area contributed by atoms with Gasteiger partial charge in [-0.15, -0.1) is 0 Å². The minimum Gasteiger partial charge on any atom is -0.459 e. The summed E-state index contributed by atoms with van der Waals surface area (Å²) in [6, 6.07) is 3.81. The molecule has 0 saturated carbocycles. The molecule has 1 fully saturated rings. The van der Waals surface area contributed by atoms with E-state index in [9.17, 15) is 28.8 Å². The fraction of sp³-hybridized carbons (Fsp3) is 0.536. The highest BCUT2D eigenvalue weighted by Crippen LogP contribution is 2.42. The summed E-state index contributed by atoms with van der Waals surface area (Å²) in [5.74, 6) is -8.63. The van der Waals surface area contributed by atoms with Crippen LogP contribution in [0.25, 0.3) is 0 Å². The van der Waals surface area contributed by atoms with E-state index < -0.39 is 90.5 Å². The SMILES string of the molecule is CC(C)C(=O)OC[C@@]1(F)O[C@@H](n2ccc(=O)n(COC(=O)c3cccnc3)c2=O)[C@H](OC(=O)C(C)C)[C@@H]1OC(=O)C(C)C. The molecule has 1 aliphatic heterocycles. The lowest BCUT2D eigenvalue weighted by molar-refractivity contribution is -0.226. The molecule has 3 rings (SSSR count). The molecule has 43 heavy (non-hydrogen) atoms. The van der Waals surface area contributed by atoms with Crippen LogP contribution < -0.4 is 11.2 Å². The summed E-state index contributed by atoms with van der Waals surface area (Å²) in [4.78, 5) is 79.7. The first-order valence-corrected chi connectivity index (χ1v) is 13.5. The quantitative estimate of drug-likeness (QED) is 0.268. The predicted molar refractivity (Wildman–Crippen MR) is 144 cm³/mol. The number of hydrogen-bond acceptors (Lipinski definition) is 12. The Morgan fingerprint density at radius 1 is 0.953 bits per heavy atom. The number of rotatable bonds is 11. The van der Waals surface area contributed by atoms with Crippen LogP contribution in [0, 0.1) is 17.8 Å². The van der Waals surface area contributed by atoms with E-state index in [1.165, 1.54) is 66.1 Å².